The highest BCUT2D eigenvalue weighted by Crippen LogP contribution is 2.21. The summed E-state index contributed by atoms with van der Waals surface area (Å²) in [5, 5.41) is 0. The van der Waals surface area contributed by atoms with Crippen LogP contribution in [0.25, 0.3) is 0 Å². The quantitative estimate of drug-likeness (QED) is 0.393. The fraction of sp³-hybridized carbons (Fsp3) is 0.333. The minimum Gasteiger partial charge on any atom is -0.462 e. The standard InChI is InChI=1S/C21H24O4/c1-3-5-14-24-20(22)17-11-8-12-18(15-17)21(23)25-19-13-7-6-10-16(19)9-4-2/h6-8,10-13,15H,3-5,9,14H2,1-2H3. The second-order valence-corrected chi connectivity index (χ2v) is 5.82. The molecular weight excluding hydrogens is 316 g/mol. The van der Waals surface area contributed by atoms with Gasteiger partial charge in [-0.2, -0.15) is 0 Å². The van der Waals surface area contributed by atoms with Crippen molar-refractivity contribution >= 4 is 11.9 Å². The molecule has 0 bridgehead atoms. The predicted octanol–water partition coefficient (Wildman–Crippen LogP) is 4.82. The molecule has 2 aromatic carbocycles. The Balaban J connectivity index is 2.10. The van der Waals surface area contributed by atoms with Crippen molar-refractivity contribution in [3.63, 3.8) is 0 Å². The minimum atomic E-state index is -0.480. The summed E-state index contributed by atoms with van der Waals surface area (Å²) in [6, 6.07) is 13.9. The lowest BCUT2D eigenvalue weighted by Crippen LogP contribution is -2.12. The summed E-state index contributed by atoms with van der Waals surface area (Å²) in [6.07, 6.45) is 3.58. The molecule has 4 heteroatoms. The first-order valence-corrected chi connectivity index (χ1v) is 8.73. The number of benzene rings is 2. The summed E-state index contributed by atoms with van der Waals surface area (Å²) in [5.41, 5.74) is 1.68. The molecule has 0 N–H and O–H groups in total. The van der Waals surface area contributed by atoms with Gasteiger partial charge in [0.15, 0.2) is 0 Å². The fourth-order valence-electron chi connectivity index (χ4n) is 2.40. The van der Waals surface area contributed by atoms with Crippen molar-refractivity contribution in [2.75, 3.05) is 6.61 Å². The lowest BCUT2D eigenvalue weighted by atomic mass is 10.1. The Kier molecular flexibility index (Phi) is 7.20. The van der Waals surface area contributed by atoms with E-state index in [9.17, 15) is 9.59 Å². The van der Waals surface area contributed by atoms with Gasteiger partial charge in [0.25, 0.3) is 0 Å². The molecule has 0 unspecified atom stereocenters. The molecule has 0 aromatic heterocycles. The summed E-state index contributed by atoms with van der Waals surface area (Å²) in [7, 11) is 0. The van der Waals surface area contributed by atoms with Crippen molar-refractivity contribution in [1.29, 1.82) is 0 Å². The minimum absolute atomic E-state index is 0.330. The second kappa shape index (κ2) is 9.62. The molecule has 25 heavy (non-hydrogen) atoms. The maximum absolute atomic E-state index is 12.4. The van der Waals surface area contributed by atoms with E-state index in [4.69, 9.17) is 9.47 Å². The summed E-state index contributed by atoms with van der Waals surface area (Å²) in [4.78, 5) is 24.4. The zero-order valence-electron chi connectivity index (χ0n) is 14.8. The summed E-state index contributed by atoms with van der Waals surface area (Å²) < 4.78 is 10.7. The summed E-state index contributed by atoms with van der Waals surface area (Å²) >= 11 is 0. The molecule has 4 nitrogen and oxygen atoms in total. The Labute approximate surface area is 148 Å². The van der Waals surface area contributed by atoms with Gasteiger partial charge in [-0.15, -0.1) is 0 Å². The highest BCUT2D eigenvalue weighted by molar-refractivity contribution is 5.96. The van der Waals surface area contributed by atoms with Crippen LogP contribution < -0.4 is 4.74 Å². The van der Waals surface area contributed by atoms with Crippen molar-refractivity contribution in [3.05, 3.63) is 65.2 Å². The van der Waals surface area contributed by atoms with Gasteiger partial charge in [0, 0.05) is 0 Å². The molecule has 0 spiro atoms. The number of para-hydroxylation sites is 1. The van der Waals surface area contributed by atoms with Gasteiger partial charge in [0.05, 0.1) is 17.7 Å². The molecule has 0 saturated carbocycles. The highest BCUT2D eigenvalue weighted by atomic mass is 16.5. The van der Waals surface area contributed by atoms with E-state index in [0.29, 0.717) is 23.5 Å². The van der Waals surface area contributed by atoms with Crippen molar-refractivity contribution < 1.29 is 19.1 Å². The number of carbonyl (C=O) groups excluding carboxylic acids is 2. The number of ether oxygens (including phenoxy) is 2. The van der Waals surface area contributed by atoms with Crippen LogP contribution >= 0.6 is 0 Å². The van der Waals surface area contributed by atoms with E-state index in [1.807, 2.05) is 25.1 Å². The molecule has 0 atom stereocenters. The third-order valence-corrected chi connectivity index (χ3v) is 3.76. The van der Waals surface area contributed by atoms with Crippen LogP contribution in [0.1, 0.15) is 59.4 Å². The average molecular weight is 340 g/mol. The van der Waals surface area contributed by atoms with Crippen LogP contribution in [0.15, 0.2) is 48.5 Å². The molecule has 0 aliphatic rings. The van der Waals surface area contributed by atoms with Gasteiger partial charge >= 0.3 is 11.9 Å². The zero-order chi connectivity index (χ0) is 18.1. The van der Waals surface area contributed by atoms with Crippen molar-refractivity contribution in [3.8, 4) is 5.75 Å². The molecule has 0 amide bonds. The van der Waals surface area contributed by atoms with Gasteiger partial charge in [-0.1, -0.05) is 51.0 Å². The second-order valence-electron chi connectivity index (χ2n) is 5.82. The van der Waals surface area contributed by atoms with Crippen molar-refractivity contribution in [2.24, 2.45) is 0 Å². The van der Waals surface area contributed by atoms with E-state index in [2.05, 4.69) is 6.92 Å². The number of hydrogen-bond acceptors (Lipinski definition) is 4. The van der Waals surface area contributed by atoms with E-state index >= 15 is 0 Å². The molecule has 0 saturated heterocycles. The Hall–Kier alpha value is -2.62. The number of carbonyl (C=O) groups is 2. The Morgan fingerprint density at radius 1 is 0.880 bits per heavy atom. The molecule has 0 fully saturated rings. The van der Waals surface area contributed by atoms with Gasteiger partial charge in [0.2, 0.25) is 0 Å². The Bertz CT molecular complexity index is 721. The van der Waals surface area contributed by atoms with Crippen molar-refractivity contribution in [1.82, 2.24) is 0 Å². The predicted molar refractivity (Wildman–Crippen MR) is 97.0 cm³/mol. The number of rotatable bonds is 8. The molecular formula is C21H24O4. The molecule has 0 aliphatic heterocycles. The largest absolute Gasteiger partial charge is 0.462 e. The van der Waals surface area contributed by atoms with Gasteiger partial charge < -0.3 is 9.47 Å². The molecule has 2 aromatic rings. The number of esters is 2. The highest BCUT2D eigenvalue weighted by Gasteiger charge is 2.14. The number of unbranched alkanes of at least 4 members (excludes halogenated alkanes) is 1. The third-order valence-electron chi connectivity index (χ3n) is 3.76. The molecule has 0 heterocycles. The molecule has 2 rings (SSSR count). The molecule has 0 radical (unpaired) electrons. The van der Waals surface area contributed by atoms with Crippen LogP contribution in [0.4, 0.5) is 0 Å². The zero-order valence-corrected chi connectivity index (χ0v) is 14.8. The summed E-state index contributed by atoms with van der Waals surface area (Å²) in [6.45, 7) is 4.49. The molecule has 0 aliphatic carbocycles. The lowest BCUT2D eigenvalue weighted by Gasteiger charge is -2.10. The fourth-order valence-corrected chi connectivity index (χ4v) is 2.40. The van der Waals surface area contributed by atoms with Crippen LogP contribution in [0.3, 0.4) is 0 Å². The van der Waals surface area contributed by atoms with Crippen LogP contribution in [0, 0.1) is 0 Å². The first kappa shape index (κ1) is 18.7. The number of hydrogen-bond donors (Lipinski definition) is 0. The van der Waals surface area contributed by atoms with Crippen LogP contribution in [0.2, 0.25) is 0 Å². The van der Waals surface area contributed by atoms with Crippen LogP contribution in [0.5, 0.6) is 5.75 Å². The van der Waals surface area contributed by atoms with Crippen molar-refractivity contribution in [2.45, 2.75) is 39.5 Å². The van der Waals surface area contributed by atoms with Gasteiger partial charge in [-0.25, -0.2) is 9.59 Å². The topological polar surface area (TPSA) is 52.6 Å². The van der Waals surface area contributed by atoms with E-state index < -0.39 is 11.9 Å². The normalized spacial score (nSPS) is 10.3. The van der Waals surface area contributed by atoms with E-state index in [1.165, 1.54) is 6.07 Å². The van der Waals surface area contributed by atoms with E-state index in [0.717, 1.165) is 31.2 Å². The Morgan fingerprint density at radius 3 is 2.32 bits per heavy atom. The molecule has 132 valence electrons. The lowest BCUT2D eigenvalue weighted by molar-refractivity contribution is 0.0499. The first-order valence-electron chi connectivity index (χ1n) is 8.73. The maximum Gasteiger partial charge on any atom is 0.343 e. The van der Waals surface area contributed by atoms with Gasteiger partial charge in [-0.3, -0.25) is 0 Å². The monoisotopic (exact) mass is 340 g/mol. The average Bonchev–Trinajstić information content (AvgIpc) is 2.64. The van der Waals surface area contributed by atoms with E-state index in [1.54, 1.807) is 24.3 Å². The summed E-state index contributed by atoms with van der Waals surface area (Å²) in [5.74, 6) is -0.341. The Morgan fingerprint density at radius 2 is 1.60 bits per heavy atom. The van der Waals surface area contributed by atoms with Gasteiger partial charge in [0.1, 0.15) is 5.75 Å². The maximum atomic E-state index is 12.4. The smallest absolute Gasteiger partial charge is 0.343 e. The SMILES string of the molecule is CCCCOC(=O)c1cccc(C(=O)Oc2ccccc2CCC)c1. The third kappa shape index (κ3) is 5.45. The number of aryl methyl sites for hydroxylation is 1. The van der Waals surface area contributed by atoms with Crippen LogP contribution in [-0.4, -0.2) is 18.5 Å². The van der Waals surface area contributed by atoms with E-state index in [-0.39, 0.29) is 0 Å². The van der Waals surface area contributed by atoms with Gasteiger partial charge in [-0.05, 0) is 42.7 Å². The first-order chi connectivity index (χ1) is 12.2. The van der Waals surface area contributed by atoms with Crippen LogP contribution in [-0.2, 0) is 11.2 Å².